The lowest BCUT2D eigenvalue weighted by atomic mass is 9.85. The molecular formula is C41H30N2. The van der Waals surface area contributed by atoms with Crippen molar-refractivity contribution in [3.63, 3.8) is 0 Å². The summed E-state index contributed by atoms with van der Waals surface area (Å²) in [5.74, 6) is -0.446. The van der Waals surface area contributed by atoms with E-state index in [9.17, 15) is 5.48 Å². The van der Waals surface area contributed by atoms with Crippen molar-refractivity contribution in [3.05, 3.63) is 157 Å². The summed E-state index contributed by atoms with van der Waals surface area (Å²) < 4.78 is 116. The molecule has 43 heavy (non-hydrogen) atoms. The molecule has 1 aromatic heterocycles. The van der Waals surface area contributed by atoms with E-state index >= 15 is 0 Å². The van der Waals surface area contributed by atoms with Gasteiger partial charge >= 0.3 is 0 Å². The minimum absolute atomic E-state index is 0.0133. The lowest BCUT2D eigenvalue weighted by Crippen LogP contribution is -2.03. The first-order valence-corrected chi connectivity index (χ1v) is 13.8. The smallest absolute Gasteiger partial charge is 0.114 e. The second kappa shape index (κ2) is 10.4. The second-order valence-corrected chi connectivity index (χ2v) is 10.1. The Bertz CT molecular complexity index is 2820. The largest absolute Gasteiger partial charge is 0.296 e. The summed E-state index contributed by atoms with van der Waals surface area (Å²) in [4.78, 5) is 4.47. The Hall–Kier alpha value is -5.47. The number of fused-ring (bicyclic) bond motifs is 3. The van der Waals surface area contributed by atoms with Crippen molar-refractivity contribution in [3.8, 4) is 39.1 Å². The summed E-state index contributed by atoms with van der Waals surface area (Å²) in [7, 11) is 0. The molecule has 0 aliphatic rings. The predicted octanol–water partition coefficient (Wildman–Crippen LogP) is 10.9. The quantitative estimate of drug-likeness (QED) is 0.190. The lowest BCUT2D eigenvalue weighted by molar-refractivity contribution is 0.909. The minimum Gasteiger partial charge on any atom is -0.296 e. The van der Waals surface area contributed by atoms with E-state index in [0.717, 1.165) is 11.1 Å². The number of rotatable bonds is 5. The highest BCUT2D eigenvalue weighted by atomic mass is 15.1. The van der Waals surface area contributed by atoms with E-state index in [2.05, 4.69) is 4.98 Å². The first-order valence-electron chi connectivity index (χ1n) is 20.3. The molecular weight excluding hydrogens is 520 g/mol. The highest BCUT2D eigenvalue weighted by Gasteiger charge is 2.20. The number of nitrogens with zero attached hydrogens (tertiary/aromatic N) is 2. The van der Waals surface area contributed by atoms with Crippen molar-refractivity contribution in [1.29, 1.82) is 0 Å². The number of para-hydroxylation sites is 3. The van der Waals surface area contributed by atoms with Gasteiger partial charge < -0.3 is 0 Å². The van der Waals surface area contributed by atoms with E-state index in [-0.39, 0.29) is 43.9 Å². The molecule has 2 nitrogen and oxygen atoms in total. The maximum absolute atomic E-state index is 9.38. The Balaban J connectivity index is 1.59. The maximum Gasteiger partial charge on any atom is 0.114 e. The first kappa shape index (κ1) is 15.1. The van der Waals surface area contributed by atoms with Crippen LogP contribution in [-0.2, 0) is 6.37 Å². The van der Waals surface area contributed by atoms with Gasteiger partial charge in [0.25, 0.3) is 0 Å². The number of imidazole rings is 1. The summed E-state index contributed by atoms with van der Waals surface area (Å²) >= 11 is 0. The third-order valence-electron chi connectivity index (χ3n) is 7.74. The Labute approximate surface area is 269 Å². The molecule has 8 rings (SSSR count). The van der Waals surface area contributed by atoms with Gasteiger partial charge in [-0.05, 0) is 67.6 Å². The summed E-state index contributed by atoms with van der Waals surface area (Å²) in [5, 5.41) is -0.0421. The van der Waals surface area contributed by atoms with Crippen LogP contribution in [0.25, 0.3) is 71.6 Å². The molecule has 0 fully saturated rings. The third-order valence-corrected chi connectivity index (χ3v) is 7.74. The number of aromatic nitrogens is 2. The molecule has 0 amide bonds. The maximum atomic E-state index is 9.38. The fourth-order valence-electron chi connectivity index (χ4n) is 5.88. The van der Waals surface area contributed by atoms with Gasteiger partial charge in [-0.3, -0.25) is 4.57 Å². The highest BCUT2D eigenvalue weighted by molar-refractivity contribution is 6.22. The molecule has 0 atom stereocenters. The van der Waals surface area contributed by atoms with E-state index in [1.807, 2.05) is 42.5 Å². The van der Waals surface area contributed by atoms with Gasteiger partial charge in [0.2, 0.25) is 0 Å². The van der Waals surface area contributed by atoms with Crippen molar-refractivity contribution in [2.45, 2.75) is 13.2 Å². The molecule has 0 aliphatic carbocycles. The van der Waals surface area contributed by atoms with E-state index in [1.54, 1.807) is 60.7 Å². The zero-order valence-electron chi connectivity index (χ0n) is 35.7. The molecule has 0 spiro atoms. The van der Waals surface area contributed by atoms with Crippen molar-refractivity contribution in [1.82, 2.24) is 9.55 Å². The zero-order valence-corrected chi connectivity index (χ0v) is 22.7. The van der Waals surface area contributed by atoms with E-state index < -0.39 is 67.4 Å². The summed E-state index contributed by atoms with van der Waals surface area (Å²) in [6.45, 7) is -3.16. The summed E-state index contributed by atoms with van der Waals surface area (Å²) in [6.07, 6.45) is -2.98. The van der Waals surface area contributed by atoms with Crippen molar-refractivity contribution in [2.24, 2.45) is 0 Å². The molecule has 204 valence electrons. The molecule has 1 heterocycles. The van der Waals surface area contributed by atoms with Crippen molar-refractivity contribution >= 4 is 32.6 Å². The Morgan fingerprint density at radius 1 is 0.605 bits per heavy atom. The molecule has 0 radical (unpaired) electrons. The van der Waals surface area contributed by atoms with Gasteiger partial charge in [0.1, 0.15) is 5.82 Å². The fraction of sp³-hybridized carbons (Fsp3) is 0.0488. The second-order valence-electron chi connectivity index (χ2n) is 10.1. The van der Waals surface area contributed by atoms with E-state index in [1.165, 1.54) is 4.57 Å². The molecule has 0 saturated carbocycles. The first-order chi connectivity index (χ1) is 26.6. The van der Waals surface area contributed by atoms with Crippen LogP contribution in [-0.4, -0.2) is 9.55 Å². The summed E-state index contributed by atoms with van der Waals surface area (Å²) in [5.41, 5.74) is 3.45. The number of benzene rings is 7. The average Bonchev–Trinajstić information content (AvgIpc) is 3.60. The van der Waals surface area contributed by atoms with Crippen LogP contribution in [0.5, 0.6) is 0 Å². The fourth-order valence-corrected chi connectivity index (χ4v) is 5.88. The van der Waals surface area contributed by atoms with Gasteiger partial charge in [-0.2, -0.15) is 0 Å². The third kappa shape index (κ3) is 4.14. The molecule has 0 N–H and O–H groups in total. The molecule has 2 heteroatoms. The van der Waals surface area contributed by atoms with Crippen LogP contribution in [0.3, 0.4) is 0 Å². The molecule has 0 saturated heterocycles. The van der Waals surface area contributed by atoms with Gasteiger partial charge in [-0.25, -0.2) is 4.98 Å². The SMILES string of the molecule is [2H]c1c([2H])c([2H])c2c(-c3ccccc3-n3c(C([2H])([2H])C([2H])([2H])[2H])nc4ccccc43)c3c([2H])c([2H])c([2H])c([2H])c3c(-c3ccc(-c4ccccc4)cc3)c2c1[2H]. The van der Waals surface area contributed by atoms with Crippen LogP contribution in [0.1, 0.15) is 30.5 Å². The Morgan fingerprint density at radius 3 is 1.86 bits per heavy atom. The van der Waals surface area contributed by atoms with Crippen molar-refractivity contribution in [2.75, 3.05) is 0 Å². The van der Waals surface area contributed by atoms with Crippen LogP contribution in [0.2, 0.25) is 0 Å². The molecule has 0 bridgehead atoms. The number of hydrogen-bond acceptors (Lipinski definition) is 1. The van der Waals surface area contributed by atoms with Crippen LogP contribution >= 0.6 is 0 Å². The van der Waals surface area contributed by atoms with Crippen LogP contribution in [0.4, 0.5) is 0 Å². The highest BCUT2D eigenvalue weighted by Crippen LogP contribution is 2.45. The molecule has 7 aromatic carbocycles. The van der Waals surface area contributed by atoms with E-state index in [0.29, 0.717) is 16.6 Å². The minimum atomic E-state index is -3.16. The van der Waals surface area contributed by atoms with Gasteiger partial charge in [-0.1, -0.05) is 140 Å². The Kier molecular flexibility index (Phi) is 3.67. The zero-order chi connectivity index (χ0) is 40.0. The van der Waals surface area contributed by atoms with Crippen LogP contribution < -0.4 is 0 Å². The Morgan fingerprint density at radius 2 is 1.16 bits per heavy atom. The molecule has 0 unspecified atom stereocenters. The average molecular weight is 564 g/mol. The number of hydrogen-bond donors (Lipinski definition) is 0. The number of aryl methyl sites for hydroxylation is 1. The molecule has 8 aromatic rings. The standard InChI is InChI=1S/C41H30N2/c1-2-39-42-36-21-11-13-23-38(36)43(39)37-22-12-10-20-35(37)41-33-18-8-6-16-31(33)40(32-17-7-9-19-34(32)41)30-26-24-29(25-27-30)28-14-4-3-5-15-28/h3-27H,2H2,1H3/i1D3,2D2,6D,7D,8D,9D,16D,17D,18D,19D. The van der Waals surface area contributed by atoms with Gasteiger partial charge in [0.05, 0.1) is 27.7 Å². The van der Waals surface area contributed by atoms with E-state index in [4.69, 9.17) is 12.3 Å². The lowest BCUT2D eigenvalue weighted by Gasteiger charge is -2.20. The predicted molar refractivity (Wildman–Crippen MR) is 182 cm³/mol. The van der Waals surface area contributed by atoms with Gasteiger partial charge in [-0.15, -0.1) is 0 Å². The van der Waals surface area contributed by atoms with Gasteiger partial charge in [0, 0.05) is 18.8 Å². The normalized spacial score (nSPS) is 16.4. The summed E-state index contributed by atoms with van der Waals surface area (Å²) in [6, 6.07) is 25.9. The monoisotopic (exact) mass is 563 g/mol. The molecule has 0 aliphatic heterocycles. The van der Waals surface area contributed by atoms with Gasteiger partial charge in [0.15, 0.2) is 0 Å². The van der Waals surface area contributed by atoms with Crippen LogP contribution in [0.15, 0.2) is 151 Å². The van der Waals surface area contributed by atoms with Crippen LogP contribution in [0, 0.1) is 0 Å². The topological polar surface area (TPSA) is 17.8 Å². The van der Waals surface area contributed by atoms with Crippen molar-refractivity contribution < 1.29 is 17.8 Å².